The Hall–Kier alpha value is -3.21. The Bertz CT molecular complexity index is 1040. The molecule has 1 amide bonds. The van der Waals surface area contributed by atoms with Gasteiger partial charge in [0.05, 0.1) is 17.4 Å². The molecule has 0 unspecified atom stereocenters. The molecule has 0 aliphatic carbocycles. The van der Waals surface area contributed by atoms with Crippen LogP contribution in [0.1, 0.15) is 16.1 Å². The van der Waals surface area contributed by atoms with E-state index in [9.17, 15) is 31.1 Å². The third-order valence-corrected chi connectivity index (χ3v) is 3.95. The highest BCUT2D eigenvalue weighted by Crippen LogP contribution is 2.34. The van der Waals surface area contributed by atoms with Gasteiger partial charge >= 0.3 is 12.5 Å². The molecule has 0 radical (unpaired) electrons. The summed E-state index contributed by atoms with van der Waals surface area (Å²) in [6, 6.07) is 9.24. The molecular weight excluding hydrogens is 440 g/mol. The van der Waals surface area contributed by atoms with E-state index >= 15 is 0 Å². The van der Waals surface area contributed by atoms with E-state index in [2.05, 4.69) is 15.2 Å². The molecule has 0 atom stereocenters. The number of nitrogens with one attached hydrogen (secondary N) is 1. The smallest absolute Gasteiger partial charge is 0.406 e. The second-order valence-corrected chi connectivity index (χ2v) is 6.26. The summed E-state index contributed by atoms with van der Waals surface area (Å²) in [5, 5.41) is 6.13. The van der Waals surface area contributed by atoms with Crippen LogP contribution in [0.5, 0.6) is 5.75 Å². The van der Waals surface area contributed by atoms with Crippen LogP contribution >= 0.6 is 11.6 Å². The second kappa shape index (κ2) is 7.90. The van der Waals surface area contributed by atoms with E-state index < -0.39 is 35.5 Å². The predicted octanol–water partition coefficient (Wildman–Crippen LogP) is 5.70. The highest BCUT2D eigenvalue weighted by Gasteiger charge is 2.40. The number of hydrogen-bond acceptors (Lipinski definition) is 3. The van der Waals surface area contributed by atoms with Crippen molar-refractivity contribution in [2.24, 2.45) is 0 Å². The quantitative estimate of drug-likeness (QED) is 0.520. The number of rotatable bonds is 4. The Balaban J connectivity index is 1.88. The third kappa shape index (κ3) is 5.03. The van der Waals surface area contributed by atoms with Gasteiger partial charge in [-0.05, 0) is 48.5 Å². The molecule has 0 saturated carbocycles. The van der Waals surface area contributed by atoms with Crippen LogP contribution in [0, 0.1) is 0 Å². The number of anilines is 1. The summed E-state index contributed by atoms with van der Waals surface area (Å²) in [7, 11) is 0. The molecule has 3 aromatic rings. The first-order valence-corrected chi connectivity index (χ1v) is 8.40. The monoisotopic (exact) mass is 449 g/mol. The average Bonchev–Trinajstić information content (AvgIpc) is 3.08. The lowest BCUT2D eigenvalue weighted by atomic mass is 10.2. The molecule has 1 N–H and O–H groups in total. The van der Waals surface area contributed by atoms with Gasteiger partial charge in [0.1, 0.15) is 5.75 Å². The summed E-state index contributed by atoms with van der Waals surface area (Å²) >= 11 is 5.73. The molecule has 0 spiro atoms. The van der Waals surface area contributed by atoms with Crippen LogP contribution in [0.4, 0.5) is 32.0 Å². The molecule has 0 saturated heterocycles. The number of aromatic nitrogens is 2. The molecule has 158 valence electrons. The molecule has 1 aromatic heterocycles. The Morgan fingerprint density at radius 3 is 2.10 bits per heavy atom. The summed E-state index contributed by atoms with van der Waals surface area (Å²) in [6.07, 6.45) is -9.08. The summed E-state index contributed by atoms with van der Waals surface area (Å²) in [5.74, 6) is -1.70. The van der Waals surface area contributed by atoms with Crippen LogP contribution in [0.25, 0.3) is 5.69 Å². The summed E-state index contributed by atoms with van der Waals surface area (Å²) in [5.41, 5.74) is -2.10. The van der Waals surface area contributed by atoms with Crippen molar-refractivity contribution in [1.29, 1.82) is 0 Å². The van der Waals surface area contributed by atoms with Gasteiger partial charge < -0.3 is 10.1 Å². The topological polar surface area (TPSA) is 56.1 Å². The molecule has 2 aromatic carbocycles. The normalized spacial score (nSPS) is 12.0. The van der Waals surface area contributed by atoms with Gasteiger partial charge in [-0.2, -0.15) is 18.3 Å². The lowest BCUT2D eigenvalue weighted by Gasteiger charge is -2.13. The van der Waals surface area contributed by atoms with Gasteiger partial charge in [-0.1, -0.05) is 11.6 Å². The Kier molecular flexibility index (Phi) is 5.66. The second-order valence-electron chi connectivity index (χ2n) is 5.82. The van der Waals surface area contributed by atoms with Crippen molar-refractivity contribution in [3.8, 4) is 11.4 Å². The number of nitrogens with zero attached hydrogens (tertiary/aromatic N) is 2. The Morgan fingerprint density at radius 1 is 0.967 bits per heavy atom. The van der Waals surface area contributed by atoms with Gasteiger partial charge in [-0.15, -0.1) is 13.2 Å². The van der Waals surface area contributed by atoms with E-state index in [0.717, 1.165) is 30.5 Å². The van der Waals surface area contributed by atoms with Gasteiger partial charge in [-0.25, -0.2) is 4.68 Å². The number of ether oxygens (including phenoxy) is 1. The maximum absolute atomic E-state index is 13.6. The van der Waals surface area contributed by atoms with Crippen LogP contribution in [0.15, 0.2) is 54.7 Å². The minimum atomic E-state index is -4.92. The molecule has 12 heteroatoms. The highest BCUT2D eigenvalue weighted by molar-refractivity contribution is 6.30. The van der Waals surface area contributed by atoms with Gasteiger partial charge in [0, 0.05) is 10.7 Å². The van der Waals surface area contributed by atoms with Gasteiger partial charge in [0.15, 0.2) is 5.69 Å². The van der Waals surface area contributed by atoms with E-state index in [1.807, 2.05) is 0 Å². The molecular formula is C18H10ClF6N3O2. The minimum absolute atomic E-state index is 0.0272. The lowest BCUT2D eigenvalue weighted by molar-refractivity contribution is -0.274. The number of hydrogen-bond donors (Lipinski definition) is 1. The average molecular weight is 450 g/mol. The molecule has 3 rings (SSSR count). The Labute approximate surface area is 169 Å². The fourth-order valence-electron chi connectivity index (χ4n) is 2.50. The zero-order valence-electron chi connectivity index (χ0n) is 14.6. The molecule has 0 bridgehead atoms. The van der Waals surface area contributed by atoms with Crippen molar-refractivity contribution in [3.05, 3.63) is 71.0 Å². The predicted molar refractivity (Wildman–Crippen MR) is 94.7 cm³/mol. The molecule has 1 heterocycles. The highest BCUT2D eigenvalue weighted by atomic mass is 35.5. The number of carbonyl (C=O) groups excluding carboxylic acids is 1. The number of halogens is 7. The van der Waals surface area contributed by atoms with Crippen molar-refractivity contribution < 1.29 is 35.9 Å². The Morgan fingerprint density at radius 2 is 1.57 bits per heavy atom. The first-order valence-electron chi connectivity index (χ1n) is 8.02. The van der Waals surface area contributed by atoms with Crippen LogP contribution < -0.4 is 10.1 Å². The van der Waals surface area contributed by atoms with Gasteiger partial charge in [0.25, 0.3) is 5.91 Å². The van der Waals surface area contributed by atoms with Crippen LogP contribution in [0.3, 0.4) is 0 Å². The SMILES string of the molecule is O=C(Nc1ccc(OC(F)(F)F)cc1)c1cnn(-c2ccc(Cl)cc2)c1C(F)(F)F. The fraction of sp³-hybridized carbons (Fsp3) is 0.111. The standard InChI is InChI=1S/C18H10ClF6N3O2/c19-10-1-5-12(6-2-10)28-15(17(20,21)22)14(9-26-28)16(29)27-11-3-7-13(8-4-11)30-18(23,24)25/h1-9H,(H,27,29). The molecule has 0 aliphatic heterocycles. The van der Waals surface area contributed by atoms with E-state index in [1.165, 1.54) is 24.3 Å². The first kappa shape index (κ1) is 21.5. The maximum atomic E-state index is 13.6. The van der Waals surface area contributed by atoms with Gasteiger partial charge in [-0.3, -0.25) is 4.79 Å². The summed E-state index contributed by atoms with van der Waals surface area (Å²) in [6.45, 7) is 0. The zero-order valence-corrected chi connectivity index (χ0v) is 15.3. The number of benzene rings is 2. The van der Waals surface area contributed by atoms with Crippen molar-refractivity contribution in [2.45, 2.75) is 12.5 Å². The minimum Gasteiger partial charge on any atom is -0.406 e. The van der Waals surface area contributed by atoms with Crippen molar-refractivity contribution in [1.82, 2.24) is 9.78 Å². The first-order chi connectivity index (χ1) is 13.9. The number of amides is 1. The van der Waals surface area contributed by atoms with Crippen molar-refractivity contribution in [3.63, 3.8) is 0 Å². The van der Waals surface area contributed by atoms with E-state index in [1.54, 1.807) is 0 Å². The number of carbonyl (C=O) groups is 1. The molecule has 0 fully saturated rings. The van der Waals surface area contributed by atoms with Gasteiger partial charge in [0.2, 0.25) is 0 Å². The van der Waals surface area contributed by atoms with E-state index in [4.69, 9.17) is 11.6 Å². The zero-order chi connectivity index (χ0) is 22.1. The summed E-state index contributed by atoms with van der Waals surface area (Å²) < 4.78 is 81.7. The molecule has 5 nitrogen and oxygen atoms in total. The van der Waals surface area contributed by atoms with Crippen molar-refractivity contribution >= 4 is 23.2 Å². The lowest BCUT2D eigenvalue weighted by Crippen LogP contribution is -2.20. The largest absolute Gasteiger partial charge is 0.573 e. The van der Waals surface area contributed by atoms with Crippen LogP contribution in [-0.4, -0.2) is 22.1 Å². The van der Waals surface area contributed by atoms with E-state index in [0.29, 0.717) is 9.70 Å². The molecule has 30 heavy (non-hydrogen) atoms. The fourth-order valence-corrected chi connectivity index (χ4v) is 2.63. The van der Waals surface area contributed by atoms with Crippen LogP contribution in [-0.2, 0) is 6.18 Å². The van der Waals surface area contributed by atoms with Crippen molar-refractivity contribution in [2.75, 3.05) is 5.32 Å². The maximum Gasteiger partial charge on any atom is 0.573 e. The number of alkyl halides is 6. The third-order valence-electron chi connectivity index (χ3n) is 3.70. The molecule has 0 aliphatic rings. The summed E-state index contributed by atoms with van der Waals surface area (Å²) in [4.78, 5) is 12.4. The van der Waals surface area contributed by atoms with Crippen LogP contribution in [0.2, 0.25) is 5.02 Å². The van der Waals surface area contributed by atoms with E-state index in [-0.39, 0.29) is 11.4 Å².